The van der Waals surface area contributed by atoms with Crippen molar-refractivity contribution in [3.8, 4) is 0 Å². The van der Waals surface area contributed by atoms with Gasteiger partial charge in [-0.2, -0.15) is 0 Å². The molecule has 0 bridgehead atoms. The summed E-state index contributed by atoms with van der Waals surface area (Å²) in [6, 6.07) is 13.2. The minimum absolute atomic E-state index is 0.373. The second kappa shape index (κ2) is 6.51. The summed E-state index contributed by atoms with van der Waals surface area (Å²) in [7, 11) is 1.73. The maximum atomic E-state index is 5.32. The van der Waals surface area contributed by atoms with Crippen LogP contribution in [-0.4, -0.2) is 7.11 Å². The summed E-state index contributed by atoms with van der Waals surface area (Å²) < 4.78 is 7.57. The number of methoxy groups -OCH3 is 1. The summed E-state index contributed by atoms with van der Waals surface area (Å²) in [5.74, 6) is 0. The number of rotatable bonds is 4. The van der Waals surface area contributed by atoms with Crippen molar-refractivity contribution < 1.29 is 4.74 Å². The SMILES string of the molecule is COCc1c(Br)cccc1NC1CCc2cc(Br)ccc21. The van der Waals surface area contributed by atoms with Crippen LogP contribution in [-0.2, 0) is 17.8 Å². The maximum Gasteiger partial charge on any atom is 0.0744 e. The van der Waals surface area contributed by atoms with E-state index in [2.05, 4.69) is 73.6 Å². The lowest BCUT2D eigenvalue weighted by Gasteiger charge is -2.19. The van der Waals surface area contributed by atoms with E-state index in [-0.39, 0.29) is 0 Å². The van der Waals surface area contributed by atoms with Gasteiger partial charge in [0.05, 0.1) is 12.6 Å². The van der Waals surface area contributed by atoms with Gasteiger partial charge in [-0.15, -0.1) is 0 Å². The van der Waals surface area contributed by atoms with Gasteiger partial charge in [0.1, 0.15) is 0 Å². The number of halogens is 2. The summed E-state index contributed by atoms with van der Waals surface area (Å²) in [4.78, 5) is 0. The zero-order valence-electron chi connectivity index (χ0n) is 11.8. The molecule has 1 N–H and O–H groups in total. The van der Waals surface area contributed by atoms with Crippen LogP contribution >= 0.6 is 31.9 Å². The molecule has 0 aliphatic heterocycles. The number of ether oxygens (including phenoxy) is 1. The molecule has 2 nitrogen and oxygen atoms in total. The topological polar surface area (TPSA) is 21.3 Å². The Morgan fingerprint density at radius 3 is 2.90 bits per heavy atom. The molecule has 3 rings (SSSR count). The Bertz CT molecular complexity index is 657. The molecule has 0 amide bonds. The monoisotopic (exact) mass is 409 g/mol. The molecule has 1 unspecified atom stereocenters. The fraction of sp³-hybridized carbons (Fsp3) is 0.294. The molecular weight excluding hydrogens is 394 g/mol. The van der Waals surface area contributed by atoms with E-state index in [0.29, 0.717) is 12.6 Å². The van der Waals surface area contributed by atoms with E-state index in [1.165, 1.54) is 16.7 Å². The second-order valence-corrected chi connectivity index (χ2v) is 7.05. The van der Waals surface area contributed by atoms with Crippen molar-refractivity contribution in [2.75, 3.05) is 12.4 Å². The van der Waals surface area contributed by atoms with Crippen LogP contribution in [0.1, 0.15) is 29.2 Å². The normalized spacial score (nSPS) is 16.8. The van der Waals surface area contributed by atoms with Gasteiger partial charge in [-0.05, 0) is 48.2 Å². The highest BCUT2D eigenvalue weighted by Crippen LogP contribution is 2.37. The van der Waals surface area contributed by atoms with Crippen molar-refractivity contribution in [2.45, 2.75) is 25.5 Å². The fourth-order valence-electron chi connectivity index (χ4n) is 2.91. The molecule has 2 aromatic rings. The quantitative estimate of drug-likeness (QED) is 0.722. The first-order valence-corrected chi connectivity index (χ1v) is 8.59. The Hall–Kier alpha value is -0.840. The molecule has 0 saturated heterocycles. The molecule has 1 aliphatic rings. The average molecular weight is 411 g/mol. The van der Waals surface area contributed by atoms with E-state index < -0.39 is 0 Å². The molecule has 110 valence electrons. The largest absolute Gasteiger partial charge is 0.380 e. The van der Waals surface area contributed by atoms with Gasteiger partial charge < -0.3 is 10.1 Å². The van der Waals surface area contributed by atoms with E-state index in [0.717, 1.165) is 27.5 Å². The molecule has 21 heavy (non-hydrogen) atoms. The molecular formula is C17H17Br2NO. The fourth-order valence-corrected chi connectivity index (χ4v) is 3.80. The van der Waals surface area contributed by atoms with Crippen molar-refractivity contribution >= 4 is 37.5 Å². The lowest BCUT2D eigenvalue weighted by Crippen LogP contribution is -2.09. The van der Waals surface area contributed by atoms with Crippen LogP contribution in [0.15, 0.2) is 45.3 Å². The summed E-state index contributed by atoms with van der Waals surface area (Å²) >= 11 is 7.16. The van der Waals surface area contributed by atoms with Crippen LogP contribution in [0.25, 0.3) is 0 Å². The number of fused-ring (bicyclic) bond motifs is 1. The van der Waals surface area contributed by atoms with E-state index in [9.17, 15) is 0 Å². The third kappa shape index (κ3) is 3.17. The molecule has 0 radical (unpaired) electrons. The highest BCUT2D eigenvalue weighted by molar-refractivity contribution is 9.10. The molecule has 0 aromatic heterocycles. The number of aryl methyl sites for hydroxylation is 1. The molecule has 4 heteroatoms. The number of nitrogens with one attached hydrogen (secondary N) is 1. The third-order valence-electron chi connectivity index (χ3n) is 3.92. The summed E-state index contributed by atoms with van der Waals surface area (Å²) in [6.07, 6.45) is 2.25. The summed E-state index contributed by atoms with van der Waals surface area (Å²) in [5, 5.41) is 3.69. The molecule has 0 fully saturated rings. The minimum Gasteiger partial charge on any atom is -0.380 e. The molecule has 0 spiro atoms. The van der Waals surface area contributed by atoms with Crippen LogP contribution in [0.5, 0.6) is 0 Å². The van der Waals surface area contributed by atoms with Gasteiger partial charge in [0.25, 0.3) is 0 Å². The summed E-state index contributed by atoms with van der Waals surface area (Å²) in [6.45, 7) is 0.601. The minimum atomic E-state index is 0.373. The first-order chi connectivity index (χ1) is 10.2. The predicted molar refractivity (Wildman–Crippen MR) is 93.7 cm³/mol. The van der Waals surface area contributed by atoms with Gasteiger partial charge >= 0.3 is 0 Å². The van der Waals surface area contributed by atoms with Gasteiger partial charge in [0.15, 0.2) is 0 Å². The van der Waals surface area contributed by atoms with Gasteiger partial charge in [0.2, 0.25) is 0 Å². The Morgan fingerprint density at radius 2 is 2.10 bits per heavy atom. The number of hydrogen-bond donors (Lipinski definition) is 1. The van der Waals surface area contributed by atoms with Crippen LogP contribution in [0.4, 0.5) is 5.69 Å². The zero-order chi connectivity index (χ0) is 14.8. The lowest BCUT2D eigenvalue weighted by atomic mass is 10.1. The molecule has 1 atom stereocenters. The van der Waals surface area contributed by atoms with Crippen LogP contribution < -0.4 is 5.32 Å². The molecule has 2 aromatic carbocycles. The molecule has 0 saturated carbocycles. The van der Waals surface area contributed by atoms with Crippen molar-refractivity contribution in [2.24, 2.45) is 0 Å². The number of anilines is 1. The highest BCUT2D eigenvalue weighted by atomic mass is 79.9. The average Bonchev–Trinajstić information content (AvgIpc) is 2.85. The van der Waals surface area contributed by atoms with Crippen molar-refractivity contribution in [1.29, 1.82) is 0 Å². The Labute approximate surface area is 142 Å². The first kappa shape index (κ1) is 15.1. The molecule has 1 aliphatic carbocycles. The lowest BCUT2D eigenvalue weighted by molar-refractivity contribution is 0.185. The van der Waals surface area contributed by atoms with Crippen LogP contribution in [0, 0.1) is 0 Å². The van der Waals surface area contributed by atoms with Gasteiger partial charge in [-0.1, -0.05) is 44.0 Å². The Morgan fingerprint density at radius 1 is 1.24 bits per heavy atom. The van der Waals surface area contributed by atoms with Gasteiger partial charge in [-0.3, -0.25) is 0 Å². The standard InChI is InChI=1S/C17H17Br2NO/c1-21-10-14-15(19)3-2-4-16(14)20-17-8-5-11-9-12(18)6-7-13(11)17/h2-4,6-7,9,17,20H,5,8,10H2,1H3. The zero-order valence-corrected chi connectivity index (χ0v) is 15.0. The number of hydrogen-bond acceptors (Lipinski definition) is 2. The van der Waals surface area contributed by atoms with E-state index in [1.807, 2.05) is 0 Å². The number of benzene rings is 2. The Balaban J connectivity index is 1.88. The van der Waals surface area contributed by atoms with Gasteiger partial charge in [0, 0.05) is 27.3 Å². The van der Waals surface area contributed by atoms with Crippen molar-refractivity contribution in [3.05, 3.63) is 62.0 Å². The maximum absolute atomic E-state index is 5.32. The molecule has 0 heterocycles. The van der Waals surface area contributed by atoms with Crippen molar-refractivity contribution in [1.82, 2.24) is 0 Å². The Kier molecular flexibility index (Phi) is 4.67. The predicted octanol–water partition coefficient (Wildman–Crippen LogP) is 5.46. The first-order valence-electron chi connectivity index (χ1n) is 7.00. The smallest absolute Gasteiger partial charge is 0.0744 e. The van der Waals surface area contributed by atoms with Crippen molar-refractivity contribution in [3.63, 3.8) is 0 Å². The van der Waals surface area contributed by atoms with E-state index in [4.69, 9.17) is 4.74 Å². The van der Waals surface area contributed by atoms with E-state index in [1.54, 1.807) is 7.11 Å². The second-order valence-electron chi connectivity index (χ2n) is 5.28. The highest BCUT2D eigenvalue weighted by Gasteiger charge is 2.23. The third-order valence-corrected chi connectivity index (χ3v) is 5.16. The van der Waals surface area contributed by atoms with Crippen LogP contribution in [0.3, 0.4) is 0 Å². The van der Waals surface area contributed by atoms with Gasteiger partial charge in [-0.25, -0.2) is 0 Å². The van der Waals surface area contributed by atoms with E-state index >= 15 is 0 Å². The summed E-state index contributed by atoms with van der Waals surface area (Å²) in [5.41, 5.74) is 5.16. The van der Waals surface area contributed by atoms with Crippen LogP contribution in [0.2, 0.25) is 0 Å².